The fourth-order valence-electron chi connectivity index (χ4n) is 4.82. The number of carboxylic acid groups (broad SMARTS) is 2. The third-order valence-electron chi connectivity index (χ3n) is 6.98. The van der Waals surface area contributed by atoms with Crippen molar-refractivity contribution in [1.29, 1.82) is 0 Å². The van der Waals surface area contributed by atoms with Gasteiger partial charge >= 0.3 is 11.9 Å². The topological polar surface area (TPSA) is 114 Å². The number of rotatable bonds is 10. The van der Waals surface area contributed by atoms with Crippen LogP contribution < -0.4 is 4.90 Å². The SMILES string of the molecule is CN(C)C(=O)c1cccnc1N1CCN(CCCC(c2ccc(F)cc2)c2ccc(F)cc2)CC1.O=C(O)/C=C/C(=O)O. The molecule has 4 rings (SSSR count). The number of carbonyl (C=O) groups excluding carboxylic acids is 1. The molecule has 1 fully saturated rings. The fourth-order valence-corrected chi connectivity index (χ4v) is 4.82. The van der Waals surface area contributed by atoms with E-state index in [1.165, 1.54) is 24.3 Å². The van der Waals surface area contributed by atoms with Gasteiger partial charge in [-0.15, -0.1) is 0 Å². The first kappa shape index (κ1) is 32.9. The number of halogens is 2. The Hall–Kier alpha value is -4.64. The van der Waals surface area contributed by atoms with Crippen molar-refractivity contribution < 1.29 is 33.4 Å². The molecule has 1 aromatic heterocycles. The van der Waals surface area contributed by atoms with Gasteiger partial charge in [0.15, 0.2) is 0 Å². The number of carboxylic acids is 2. The van der Waals surface area contributed by atoms with Crippen LogP contribution in [-0.4, -0.2) is 89.7 Å². The van der Waals surface area contributed by atoms with Crippen LogP contribution in [0.25, 0.3) is 0 Å². The second kappa shape index (κ2) is 16.1. The first-order valence-corrected chi connectivity index (χ1v) is 13.8. The van der Waals surface area contributed by atoms with Gasteiger partial charge in [-0.1, -0.05) is 24.3 Å². The highest BCUT2D eigenvalue weighted by molar-refractivity contribution is 5.98. The number of hydrogen-bond acceptors (Lipinski definition) is 6. The zero-order valence-electron chi connectivity index (χ0n) is 24.2. The zero-order chi connectivity index (χ0) is 31.4. The molecule has 2 aromatic carbocycles. The highest BCUT2D eigenvalue weighted by Gasteiger charge is 2.23. The minimum atomic E-state index is -1.26. The second-order valence-corrected chi connectivity index (χ2v) is 10.2. The van der Waals surface area contributed by atoms with E-state index >= 15 is 0 Å². The van der Waals surface area contributed by atoms with Gasteiger partial charge in [0, 0.05) is 64.5 Å². The van der Waals surface area contributed by atoms with Crippen LogP contribution in [0.1, 0.15) is 40.2 Å². The van der Waals surface area contributed by atoms with E-state index in [9.17, 15) is 23.2 Å². The normalized spacial score (nSPS) is 13.5. The highest BCUT2D eigenvalue weighted by atomic mass is 19.1. The Labute approximate surface area is 249 Å². The predicted octanol–water partition coefficient (Wildman–Crippen LogP) is 4.51. The predicted molar refractivity (Wildman–Crippen MR) is 159 cm³/mol. The summed E-state index contributed by atoms with van der Waals surface area (Å²) < 4.78 is 27.0. The van der Waals surface area contributed by atoms with Crippen molar-refractivity contribution in [2.45, 2.75) is 18.8 Å². The molecule has 2 N–H and O–H groups in total. The Morgan fingerprint density at radius 2 is 1.37 bits per heavy atom. The van der Waals surface area contributed by atoms with Crippen LogP contribution in [0.15, 0.2) is 79.0 Å². The van der Waals surface area contributed by atoms with E-state index in [1.54, 1.807) is 31.3 Å². The van der Waals surface area contributed by atoms with Gasteiger partial charge in [-0.3, -0.25) is 9.69 Å². The Morgan fingerprint density at radius 3 is 1.84 bits per heavy atom. The number of nitrogens with zero attached hydrogens (tertiary/aromatic N) is 4. The molecule has 0 saturated carbocycles. The number of hydrogen-bond donors (Lipinski definition) is 2. The molecule has 1 aliphatic heterocycles. The summed E-state index contributed by atoms with van der Waals surface area (Å²) in [5.41, 5.74) is 2.71. The largest absolute Gasteiger partial charge is 0.478 e. The maximum absolute atomic E-state index is 13.5. The molecule has 0 spiro atoms. The van der Waals surface area contributed by atoms with E-state index in [-0.39, 0.29) is 23.5 Å². The molecule has 0 aliphatic carbocycles. The average Bonchev–Trinajstić information content (AvgIpc) is 3.00. The summed E-state index contributed by atoms with van der Waals surface area (Å²) in [4.78, 5) is 42.4. The van der Waals surface area contributed by atoms with Crippen LogP contribution in [0.5, 0.6) is 0 Å². The number of amides is 1. The molecular formula is C32H36F2N4O5. The van der Waals surface area contributed by atoms with Crippen molar-refractivity contribution >= 4 is 23.7 Å². The fraction of sp³-hybridized carbons (Fsp3) is 0.312. The van der Waals surface area contributed by atoms with E-state index in [2.05, 4.69) is 14.8 Å². The third kappa shape index (κ3) is 10.3. The number of pyridine rings is 1. The average molecular weight is 595 g/mol. The number of carbonyl (C=O) groups is 3. The Morgan fingerprint density at radius 1 is 0.860 bits per heavy atom. The zero-order valence-corrected chi connectivity index (χ0v) is 24.2. The van der Waals surface area contributed by atoms with Crippen molar-refractivity contribution in [2.75, 3.05) is 51.7 Å². The van der Waals surface area contributed by atoms with Gasteiger partial charge < -0.3 is 20.0 Å². The van der Waals surface area contributed by atoms with E-state index < -0.39 is 11.9 Å². The van der Waals surface area contributed by atoms with Gasteiger partial charge in [0.05, 0.1) is 5.56 Å². The minimum Gasteiger partial charge on any atom is -0.478 e. The van der Waals surface area contributed by atoms with Crippen molar-refractivity contribution in [2.24, 2.45) is 0 Å². The van der Waals surface area contributed by atoms with Crippen LogP contribution in [0.3, 0.4) is 0 Å². The number of aromatic nitrogens is 1. The lowest BCUT2D eigenvalue weighted by molar-refractivity contribution is -0.134. The van der Waals surface area contributed by atoms with E-state index in [4.69, 9.17) is 10.2 Å². The molecule has 0 atom stereocenters. The Bertz CT molecular complexity index is 1330. The summed E-state index contributed by atoms with van der Waals surface area (Å²) in [5, 5.41) is 15.6. The summed E-state index contributed by atoms with van der Waals surface area (Å²) in [6.45, 7) is 4.35. The van der Waals surface area contributed by atoms with Crippen LogP contribution in [0, 0.1) is 11.6 Å². The lowest BCUT2D eigenvalue weighted by Gasteiger charge is -2.36. The molecule has 0 radical (unpaired) electrons. The molecule has 0 bridgehead atoms. The lowest BCUT2D eigenvalue weighted by Crippen LogP contribution is -2.47. The van der Waals surface area contributed by atoms with E-state index in [0.717, 1.165) is 62.5 Å². The van der Waals surface area contributed by atoms with E-state index in [0.29, 0.717) is 17.7 Å². The summed E-state index contributed by atoms with van der Waals surface area (Å²) in [7, 11) is 3.50. The summed E-state index contributed by atoms with van der Waals surface area (Å²) in [6, 6.07) is 16.9. The molecular weight excluding hydrogens is 558 g/mol. The van der Waals surface area contributed by atoms with Crippen LogP contribution in [0.4, 0.5) is 14.6 Å². The molecule has 3 aromatic rings. The van der Waals surface area contributed by atoms with Crippen molar-refractivity contribution in [3.63, 3.8) is 0 Å². The molecule has 1 saturated heterocycles. The summed E-state index contributed by atoms with van der Waals surface area (Å²) in [6.07, 6.45) is 4.70. The monoisotopic (exact) mass is 594 g/mol. The van der Waals surface area contributed by atoms with Crippen LogP contribution >= 0.6 is 0 Å². The quantitative estimate of drug-likeness (QED) is 0.330. The van der Waals surface area contributed by atoms with Crippen molar-refractivity contribution in [1.82, 2.24) is 14.8 Å². The lowest BCUT2D eigenvalue weighted by atomic mass is 9.87. The van der Waals surface area contributed by atoms with Gasteiger partial charge in [-0.05, 0) is 66.9 Å². The molecule has 1 aliphatic rings. The van der Waals surface area contributed by atoms with Crippen LogP contribution in [0.2, 0.25) is 0 Å². The maximum atomic E-state index is 13.5. The molecule has 11 heteroatoms. The number of benzene rings is 2. The number of aliphatic carboxylic acids is 2. The molecule has 1 amide bonds. The summed E-state index contributed by atoms with van der Waals surface area (Å²) in [5.74, 6) is -2.23. The van der Waals surface area contributed by atoms with Gasteiger partial charge in [-0.25, -0.2) is 23.4 Å². The van der Waals surface area contributed by atoms with Gasteiger partial charge in [-0.2, -0.15) is 0 Å². The minimum absolute atomic E-state index is 0.0387. The number of piperazine rings is 1. The smallest absolute Gasteiger partial charge is 0.328 e. The van der Waals surface area contributed by atoms with Crippen LogP contribution in [-0.2, 0) is 9.59 Å². The van der Waals surface area contributed by atoms with Gasteiger partial charge in [0.25, 0.3) is 5.91 Å². The summed E-state index contributed by atoms with van der Waals surface area (Å²) >= 11 is 0. The molecule has 228 valence electrons. The highest BCUT2D eigenvalue weighted by Crippen LogP contribution is 2.30. The standard InChI is InChI=1S/C28H32F2N4O.C4H4O4/c1-32(2)28(35)26-5-3-15-31-27(26)34-19-17-33(18-20-34)16-4-6-25(21-7-11-23(29)12-8-21)22-9-13-24(30)14-10-22;5-3(6)1-2-4(7)8/h3,5,7-15,25H,4,6,16-20H2,1-2H3;1-2H,(H,5,6)(H,7,8)/b;2-1+. The third-order valence-corrected chi connectivity index (χ3v) is 6.98. The first-order valence-electron chi connectivity index (χ1n) is 13.8. The Balaban J connectivity index is 0.000000557. The molecule has 0 unspecified atom stereocenters. The number of anilines is 1. The molecule has 43 heavy (non-hydrogen) atoms. The van der Waals surface area contributed by atoms with Crippen molar-refractivity contribution in [3.8, 4) is 0 Å². The van der Waals surface area contributed by atoms with E-state index in [1.807, 2.05) is 30.3 Å². The molecule has 9 nitrogen and oxygen atoms in total. The first-order chi connectivity index (χ1) is 20.5. The molecule has 2 heterocycles. The second-order valence-electron chi connectivity index (χ2n) is 10.2. The Kier molecular flexibility index (Phi) is 12.3. The van der Waals surface area contributed by atoms with Gasteiger partial charge in [0.2, 0.25) is 0 Å². The maximum Gasteiger partial charge on any atom is 0.328 e. The van der Waals surface area contributed by atoms with Crippen molar-refractivity contribution in [3.05, 3.63) is 107 Å². The van der Waals surface area contributed by atoms with Gasteiger partial charge in [0.1, 0.15) is 17.5 Å².